The number of piperidine rings is 1. The highest BCUT2D eigenvalue weighted by atomic mass is 15.3. The van der Waals surface area contributed by atoms with E-state index < -0.39 is 0 Å². The molecule has 2 atom stereocenters. The van der Waals surface area contributed by atoms with Crippen molar-refractivity contribution >= 4 is 0 Å². The molecule has 0 aromatic carbocycles. The maximum atomic E-state index is 3.68. The van der Waals surface area contributed by atoms with Crippen LogP contribution in [0.25, 0.3) is 0 Å². The molecule has 2 rings (SSSR count). The average Bonchev–Trinajstić information content (AvgIpc) is 2.43. The summed E-state index contributed by atoms with van der Waals surface area (Å²) in [5, 5.41) is 3.68. The summed E-state index contributed by atoms with van der Waals surface area (Å²) in [6.45, 7) is 12.2. The third-order valence-electron chi connectivity index (χ3n) is 4.58. The Hall–Kier alpha value is -0.120. The van der Waals surface area contributed by atoms with E-state index in [9.17, 15) is 0 Å². The Balaban J connectivity index is 1.75. The largest absolute Gasteiger partial charge is 0.313 e. The van der Waals surface area contributed by atoms with Gasteiger partial charge in [-0.25, -0.2) is 0 Å². The molecular formula is C15H31N3. The van der Waals surface area contributed by atoms with Crippen LogP contribution in [0.15, 0.2) is 0 Å². The van der Waals surface area contributed by atoms with Crippen molar-refractivity contribution in [2.24, 2.45) is 0 Å². The Morgan fingerprint density at radius 3 is 2.83 bits per heavy atom. The predicted molar refractivity (Wildman–Crippen MR) is 78.0 cm³/mol. The number of fused-ring (bicyclic) bond motifs is 1. The van der Waals surface area contributed by atoms with Gasteiger partial charge in [0.25, 0.3) is 0 Å². The topological polar surface area (TPSA) is 18.5 Å². The molecule has 0 aromatic heterocycles. The highest BCUT2D eigenvalue weighted by Gasteiger charge is 2.29. The maximum absolute atomic E-state index is 3.68. The third-order valence-corrected chi connectivity index (χ3v) is 4.58. The molecule has 2 aliphatic heterocycles. The molecule has 0 radical (unpaired) electrons. The lowest BCUT2D eigenvalue weighted by Crippen LogP contribution is -2.56. The molecular weight excluding hydrogens is 222 g/mol. The summed E-state index contributed by atoms with van der Waals surface area (Å²) in [5.41, 5.74) is 0. The van der Waals surface area contributed by atoms with Gasteiger partial charge in [0.2, 0.25) is 0 Å². The predicted octanol–water partition coefficient (Wildman–Crippen LogP) is 1.93. The first-order valence-electron chi connectivity index (χ1n) is 8.03. The number of piperazine rings is 1. The summed E-state index contributed by atoms with van der Waals surface area (Å²) in [7, 11) is 0. The second kappa shape index (κ2) is 7.46. The lowest BCUT2D eigenvalue weighted by atomic mass is 9.99. The molecule has 0 saturated carbocycles. The fraction of sp³-hybridized carbons (Fsp3) is 1.00. The van der Waals surface area contributed by atoms with Gasteiger partial charge in [0.15, 0.2) is 0 Å². The van der Waals surface area contributed by atoms with Crippen molar-refractivity contribution in [3.63, 3.8) is 0 Å². The van der Waals surface area contributed by atoms with E-state index in [1.807, 2.05) is 0 Å². The second-order valence-electron chi connectivity index (χ2n) is 6.00. The van der Waals surface area contributed by atoms with Crippen molar-refractivity contribution in [2.45, 2.75) is 58.0 Å². The first-order chi connectivity index (χ1) is 8.83. The number of rotatable bonds is 6. The minimum Gasteiger partial charge on any atom is -0.313 e. The third kappa shape index (κ3) is 3.94. The van der Waals surface area contributed by atoms with Crippen LogP contribution in [-0.2, 0) is 0 Å². The smallest absolute Gasteiger partial charge is 0.0223 e. The Kier molecular flexibility index (Phi) is 5.93. The molecule has 0 spiro atoms. The van der Waals surface area contributed by atoms with Crippen molar-refractivity contribution in [1.29, 1.82) is 0 Å². The number of nitrogens with zero attached hydrogens (tertiary/aromatic N) is 2. The quantitative estimate of drug-likeness (QED) is 0.780. The van der Waals surface area contributed by atoms with Crippen LogP contribution in [0.5, 0.6) is 0 Å². The fourth-order valence-electron chi connectivity index (χ4n) is 3.38. The zero-order chi connectivity index (χ0) is 12.8. The van der Waals surface area contributed by atoms with Crippen molar-refractivity contribution < 1.29 is 0 Å². The van der Waals surface area contributed by atoms with Crippen LogP contribution < -0.4 is 5.32 Å². The Labute approximate surface area is 113 Å². The normalized spacial score (nSPS) is 28.0. The second-order valence-corrected chi connectivity index (χ2v) is 6.00. The molecule has 2 heterocycles. The Bertz CT molecular complexity index is 232. The Morgan fingerprint density at radius 1 is 1.17 bits per heavy atom. The summed E-state index contributed by atoms with van der Waals surface area (Å²) in [6.07, 6.45) is 6.79. The first-order valence-corrected chi connectivity index (χ1v) is 8.03. The van der Waals surface area contributed by atoms with Crippen molar-refractivity contribution in [3.8, 4) is 0 Å². The molecule has 0 aliphatic carbocycles. The standard InChI is InChI=1S/C15H31N3/c1-3-8-16-14(4-2)12-17-10-11-18-9-6-5-7-15(18)13-17/h14-16H,3-13H2,1-2H3. The van der Waals surface area contributed by atoms with Gasteiger partial charge in [-0.15, -0.1) is 0 Å². The molecule has 18 heavy (non-hydrogen) atoms. The van der Waals surface area contributed by atoms with Gasteiger partial charge in [-0.2, -0.15) is 0 Å². The monoisotopic (exact) mass is 253 g/mol. The van der Waals surface area contributed by atoms with Crippen LogP contribution >= 0.6 is 0 Å². The number of hydrogen-bond acceptors (Lipinski definition) is 3. The molecule has 1 N–H and O–H groups in total. The van der Waals surface area contributed by atoms with E-state index >= 15 is 0 Å². The SMILES string of the molecule is CCCNC(CC)CN1CCN2CCCCC2C1. The van der Waals surface area contributed by atoms with Gasteiger partial charge in [-0.1, -0.05) is 20.3 Å². The Morgan fingerprint density at radius 2 is 2.06 bits per heavy atom. The molecule has 3 heteroatoms. The van der Waals surface area contributed by atoms with E-state index in [0.29, 0.717) is 6.04 Å². The molecule has 2 unspecified atom stereocenters. The minimum absolute atomic E-state index is 0.695. The summed E-state index contributed by atoms with van der Waals surface area (Å²) >= 11 is 0. The van der Waals surface area contributed by atoms with Gasteiger partial charge in [-0.3, -0.25) is 9.80 Å². The molecule has 0 bridgehead atoms. The van der Waals surface area contributed by atoms with Crippen LogP contribution in [0.3, 0.4) is 0 Å². The van der Waals surface area contributed by atoms with Gasteiger partial charge in [0, 0.05) is 38.3 Å². The van der Waals surface area contributed by atoms with Crippen LogP contribution in [0.1, 0.15) is 46.0 Å². The van der Waals surface area contributed by atoms with E-state index in [4.69, 9.17) is 0 Å². The molecule has 2 aliphatic rings. The van der Waals surface area contributed by atoms with Crippen molar-refractivity contribution in [2.75, 3.05) is 39.3 Å². The van der Waals surface area contributed by atoms with Crippen LogP contribution in [0, 0.1) is 0 Å². The zero-order valence-electron chi connectivity index (χ0n) is 12.3. The maximum Gasteiger partial charge on any atom is 0.0223 e. The van der Waals surface area contributed by atoms with Crippen molar-refractivity contribution in [3.05, 3.63) is 0 Å². The molecule has 0 aromatic rings. The van der Waals surface area contributed by atoms with E-state index in [0.717, 1.165) is 6.04 Å². The van der Waals surface area contributed by atoms with Crippen LogP contribution in [0.4, 0.5) is 0 Å². The van der Waals surface area contributed by atoms with Gasteiger partial charge >= 0.3 is 0 Å². The molecule has 106 valence electrons. The van der Waals surface area contributed by atoms with Gasteiger partial charge in [0.05, 0.1) is 0 Å². The number of nitrogens with one attached hydrogen (secondary N) is 1. The lowest BCUT2D eigenvalue weighted by Gasteiger charge is -2.44. The molecule has 0 amide bonds. The molecule has 2 fully saturated rings. The summed E-state index contributed by atoms with van der Waals surface area (Å²) < 4.78 is 0. The van der Waals surface area contributed by atoms with Gasteiger partial charge < -0.3 is 5.32 Å². The summed E-state index contributed by atoms with van der Waals surface area (Å²) in [5.74, 6) is 0. The first kappa shape index (κ1) is 14.3. The highest BCUT2D eigenvalue weighted by molar-refractivity contribution is 4.86. The minimum atomic E-state index is 0.695. The van der Waals surface area contributed by atoms with Crippen LogP contribution in [-0.4, -0.2) is 61.2 Å². The van der Waals surface area contributed by atoms with Crippen LogP contribution in [0.2, 0.25) is 0 Å². The van der Waals surface area contributed by atoms with E-state index in [1.54, 1.807) is 0 Å². The lowest BCUT2D eigenvalue weighted by molar-refractivity contribution is 0.0446. The molecule has 2 saturated heterocycles. The summed E-state index contributed by atoms with van der Waals surface area (Å²) in [4.78, 5) is 5.42. The van der Waals surface area contributed by atoms with Gasteiger partial charge in [0.1, 0.15) is 0 Å². The molecule has 3 nitrogen and oxygen atoms in total. The van der Waals surface area contributed by atoms with Gasteiger partial charge in [-0.05, 0) is 38.8 Å². The average molecular weight is 253 g/mol. The summed E-state index contributed by atoms with van der Waals surface area (Å²) in [6, 6.07) is 1.55. The fourth-order valence-corrected chi connectivity index (χ4v) is 3.38. The zero-order valence-corrected chi connectivity index (χ0v) is 12.3. The van der Waals surface area contributed by atoms with E-state index in [-0.39, 0.29) is 0 Å². The number of hydrogen-bond donors (Lipinski definition) is 1. The van der Waals surface area contributed by atoms with E-state index in [1.165, 1.54) is 71.4 Å². The highest BCUT2D eigenvalue weighted by Crippen LogP contribution is 2.21. The van der Waals surface area contributed by atoms with Crippen molar-refractivity contribution in [1.82, 2.24) is 15.1 Å². The van der Waals surface area contributed by atoms with E-state index in [2.05, 4.69) is 29.0 Å².